The van der Waals surface area contributed by atoms with Crippen LogP contribution in [0.1, 0.15) is 11.8 Å². The second kappa shape index (κ2) is 3.98. The van der Waals surface area contributed by atoms with Crippen molar-refractivity contribution in [2.24, 2.45) is 0 Å². The van der Waals surface area contributed by atoms with E-state index in [0.717, 1.165) is 16.6 Å². The molecule has 2 rings (SSSR count). The summed E-state index contributed by atoms with van der Waals surface area (Å²) >= 11 is 1.59. The summed E-state index contributed by atoms with van der Waals surface area (Å²) in [5, 5.41) is 0.723. The second-order valence-electron chi connectivity index (χ2n) is 3.28. The van der Waals surface area contributed by atoms with E-state index in [0.29, 0.717) is 6.54 Å². The first-order valence-corrected chi connectivity index (χ1v) is 5.66. The molecule has 2 aromatic rings. The summed E-state index contributed by atoms with van der Waals surface area (Å²) in [5.41, 5.74) is 0.0239. The number of rotatable bonds is 3. The quantitative estimate of drug-likeness (QED) is 0.743. The van der Waals surface area contributed by atoms with Crippen molar-refractivity contribution < 1.29 is 0 Å². The van der Waals surface area contributed by atoms with Crippen molar-refractivity contribution in [3.05, 3.63) is 40.3 Å². The van der Waals surface area contributed by atoms with Gasteiger partial charge in [-0.05, 0) is 12.5 Å². The summed E-state index contributed by atoms with van der Waals surface area (Å²) in [6.07, 6.45) is 4.23. The van der Waals surface area contributed by atoms with Crippen LogP contribution in [0.3, 0.4) is 0 Å². The Hall–Kier alpha value is -1.42. The fourth-order valence-corrected chi connectivity index (χ4v) is 2.38. The van der Waals surface area contributed by atoms with Crippen LogP contribution in [-0.2, 0) is 13.0 Å². The number of thiophene rings is 1. The average Bonchev–Trinajstić information content (AvgIpc) is 2.66. The Morgan fingerprint density at radius 2 is 2.47 bits per heavy atom. The van der Waals surface area contributed by atoms with Gasteiger partial charge >= 0.3 is 0 Å². The molecule has 0 radical (unpaired) electrons. The summed E-state index contributed by atoms with van der Waals surface area (Å²) in [6, 6.07) is 1.94. The van der Waals surface area contributed by atoms with Crippen molar-refractivity contribution in [1.82, 2.24) is 9.55 Å². The fourth-order valence-electron chi connectivity index (χ4n) is 1.45. The molecule has 0 unspecified atom stereocenters. The van der Waals surface area contributed by atoms with E-state index >= 15 is 0 Å². The minimum absolute atomic E-state index is 0.0239. The van der Waals surface area contributed by atoms with E-state index in [1.807, 2.05) is 6.07 Å². The molecule has 0 aromatic carbocycles. The fraction of sp³-hybridized carbons (Fsp3) is 0.273. The van der Waals surface area contributed by atoms with Gasteiger partial charge in [0.15, 0.2) is 0 Å². The number of nitrogens with zero attached hydrogens (tertiary/aromatic N) is 2. The lowest BCUT2D eigenvalue weighted by Gasteiger charge is -1.99. The number of hydrogen-bond donors (Lipinski definition) is 0. The van der Waals surface area contributed by atoms with Crippen molar-refractivity contribution in [3.63, 3.8) is 0 Å². The van der Waals surface area contributed by atoms with Crippen molar-refractivity contribution >= 4 is 21.6 Å². The molecule has 0 aliphatic carbocycles. The molecule has 0 saturated carbocycles. The van der Waals surface area contributed by atoms with Gasteiger partial charge in [0.05, 0.1) is 11.7 Å². The number of aryl methyl sites for hydroxylation is 1. The Kier molecular flexibility index (Phi) is 2.68. The molecule has 2 aromatic heterocycles. The Morgan fingerprint density at radius 3 is 3.13 bits per heavy atom. The van der Waals surface area contributed by atoms with Crippen molar-refractivity contribution in [2.75, 3.05) is 0 Å². The molecule has 0 saturated heterocycles. The van der Waals surface area contributed by atoms with Crippen LogP contribution in [0.25, 0.3) is 10.2 Å². The van der Waals surface area contributed by atoms with E-state index in [1.165, 1.54) is 4.88 Å². The topological polar surface area (TPSA) is 34.9 Å². The second-order valence-corrected chi connectivity index (χ2v) is 4.39. The van der Waals surface area contributed by atoms with E-state index in [2.05, 4.69) is 18.5 Å². The third-order valence-corrected chi connectivity index (χ3v) is 3.43. The van der Waals surface area contributed by atoms with E-state index in [9.17, 15) is 4.79 Å². The molecule has 0 aliphatic heterocycles. The molecule has 0 amide bonds. The molecule has 2 heterocycles. The van der Waals surface area contributed by atoms with Crippen molar-refractivity contribution in [2.45, 2.75) is 19.9 Å². The molecule has 0 spiro atoms. The van der Waals surface area contributed by atoms with Crippen molar-refractivity contribution in [3.8, 4) is 0 Å². The van der Waals surface area contributed by atoms with Gasteiger partial charge in [0.1, 0.15) is 4.83 Å². The van der Waals surface area contributed by atoms with Gasteiger partial charge in [0.2, 0.25) is 0 Å². The highest BCUT2D eigenvalue weighted by Gasteiger charge is 2.06. The van der Waals surface area contributed by atoms with Crippen molar-refractivity contribution in [1.29, 1.82) is 0 Å². The molecule has 0 fully saturated rings. The molecule has 78 valence electrons. The molecule has 0 bridgehead atoms. The van der Waals surface area contributed by atoms with Crippen LogP contribution in [0.4, 0.5) is 0 Å². The monoisotopic (exact) mass is 220 g/mol. The summed E-state index contributed by atoms with van der Waals surface area (Å²) in [4.78, 5) is 18.2. The maximum Gasteiger partial charge on any atom is 0.262 e. The minimum atomic E-state index is 0.0239. The minimum Gasteiger partial charge on any atom is -0.295 e. The zero-order valence-electron chi connectivity index (χ0n) is 8.56. The van der Waals surface area contributed by atoms with Crippen LogP contribution in [0.5, 0.6) is 0 Å². The highest BCUT2D eigenvalue weighted by molar-refractivity contribution is 7.18. The number of allylic oxidation sites excluding steroid dienone is 1. The van der Waals surface area contributed by atoms with E-state index in [4.69, 9.17) is 0 Å². The molecular formula is C11H12N2OS. The van der Waals surface area contributed by atoms with Gasteiger partial charge in [0, 0.05) is 11.4 Å². The van der Waals surface area contributed by atoms with Crippen LogP contribution < -0.4 is 5.56 Å². The van der Waals surface area contributed by atoms with Crippen LogP contribution in [-0.4, -0.2) is 9.55 Å². The van der Waals surface area contributed by atoms with Gasteiger partial charge in [-0.2, -0.15) is 0 Å². The predicted octanol–water partition coefficient (Wildman–Crippen LogP) is 2.21. The Balaban J connectivity index is 2.67. The smallest absolute Gasteiger partial charge is 0.262 e. The summed E-state index contributed by atoms with van der Waals surface area (Å²) in [7, 11) is 0. The van der Waals surface area contributed by atoms with Gasteiger partial charge in [-0.25, -0.2) is 4.98 Å². The average molecular weight is 220 g/mol. The Bertz CT molecular complexity index is 553. The highest BCUT2D eigenvalue weighted by atomic mass is 32.1. The Morgan fingerprint density at radius 1 is 1.67 bits per heavy atom. The first-order chi connectivity index (χ1) is 7.26. The van der Waals surface area contributed by atoms with Gasteiger partial charge in [-0.3, -0.25) is 9.36 Å². The van der Waals surface area contributed by atoms with Crippen LogP contribution in [0.2, 0.25) is 0 Å². The zero-order chi connectivity index (χ0) is 10.8. The third kappa shape index (κ3) is 1.72. The molecule has 3 nitrogen and oxygen atoms in total. The van der Waals surface area contributed by atoms with E-state index in [1.54, 1.807) is 28.3 Å². The lowest BCUT2D eigenvalue weighted by molar-refractivity contribution is 0.769. The van der Waals surface area contributed by atoms with Gasteiger partial charge in [0.25, 0.3) is 5.56 Å². The summed E-state index contributed by atoms with van der Waals surface area (Å²) in [5.74, 6) is 0. The standard InChI is InChI=1S/C11H12N2OS/c1-3-5-13-7-12-10-9(11(13)14)6-8(4-2)15-10/h3,6-7H,1,4-5H2,2H3. The van der Waals surface area contributed by atoms with Crippen LogP contribution in [0.15, 0.2) is 29.8 Å². The number of aromatic nitrogens is 2. The lowest BCUT2D eigenvalue weighted by Crippen LogP contribution is -2.18. The highest BCUT2D eigenvalue weighted by Crippen LogP contribution is 2.20. The molecule has 0 aliphatic rings. The maximum atomic E-state index is 11.9. The molecular weight excluding hydrogens is 208 g/mol. The van der Waals surface area contributed by atoms with Gasteiger partial charge < -0.3 is 0 Å². The predicted molar refractivity (Wildman–Crippen MR) is 63.5 cm³/mol. The van der Waals surface area contributed by atoms with E-state index in [-0.39, 0.29) is 5.56 Å². The Labute approximate surface area is 91.7 Å². The van der Waals surface area contributed by atoms with Crippen LogP contribution in [0, 0.1) is 0 Å². The maximum absolute atomic E-state index is 11.9. The van der Waals surface area contributed by atoms with E-state index < -0.39 is 0 Å². The lowest BCUT2D eigenvalue weighted by atomic mass is 10.3. The first kappa shape index (κ1) is 10.1. The van der Waals surface area contributed by atoms with Gasteiger partial charge in [-0.15, -0.1) is 17.9 Å². The molecule has 0 atom stereocenters. The summed E-state index contributed by atoms with van der Waals surface area (Å²) < 4.78 is 1.57. The molecule has 0 N–H and O–H groups in total. The van der Waals surface area contributed by atoms with Gasteiger partial charge in [-0.1, -0.05) is 13.0 Å². The van der Waals surface area contributed by atoms with Crippen LogP contribution >= 0.6 is 11.3 Å². The third-order valence-electron chi connectivity index (χ3n) is 2.24. The largest absolute Gasteiger partial charge is 0.295 e. The first-order valence-electron chi connectivity index (χ1n) is 4.85. The molecule has 4 heteroatoms. The number of fused-ring (bicyclic) bond motifs is 1. The SMILES string of the molecule is C=CCn1cnc2sc(CC)cc2c1=O. The zero-order valence-corrected chi connectivity index (χ0v) is 9.38. The number of hydrogen-bond acceptors (Lipinski definition) is 3. The molecule has 15 heavy (non-hydrogen) atoms. The normalized spacial score (nSPS) is 10.7. The summed E-state index contributed by atoms with van der Waals surface area (Å²) in [6.45, 7) is 6.20.